The van der Waals surface area contributed by atoms with Gasteiger partial charge in [0, 0.05) is 25.5 Å². The van der Waals surface area contributed by atoms with Crippen LogP contribution in [0.2, 0.25) is 0 Å². The largest absolute Gasteiger partial charge is 0.389 e. The second kappa shape index (κ2) is 6.55. The Morgan fingerprint density at radius 2 is 1.68 bits per heavy atom. The molecule has 0 radical (unpaired) electrons. The van der Waals surface area contributed by atoms with E-state index < -0.39 is 5.60 Å². The average molecular weight is 269 g/mol. The number of ether oxygens (including phenoxy) is 1. The van der Waals surface area contributed by atoms with Gasteiger partial charge < -0.3 is 15.6 Å². The lowest BCUT2D eigenvalue weighted by atomic mass is 9.59. The molecule has 0 aromatic carbocycles. The summed E-state index contributed by atoms with van der Waals surface area (Å²) in [7, 11) is 1.77. The Kier molecular flexibility index (Phi) is 5.27. The second-order valence-corrected chi connectivity index (χ2v) is 6.74. The highest BCUT2D eigenvalue weighted by Gasteiger charge is 2.50. The number of hydrogen-bond acceptors (Lipinski definition) is 3. The summed E-state index contributed by atoms with van der Waals surface area (Å²) in [5, 5.41) is 11.3. The molecule has 2 fully saturated rings. The van der Waals surface area contributed by atoms with Crippen LogP contribution < -0.4 is 5.73 Å². The minimum atomic E-state index is -0.599. The van der Waals surface area contributed by atoms with Crippen molar-refractivity contribution < 1.29 is 9.84 Å². The summed E-state index contributed by atoms with van der Waals surface area (Å²) in [6.45, 7) is 0.625. The van der Waals surface area contributed by atoms with E-state index in [2.05, 4.69) is 0 Å². The van der Waals surface area contributed by atoms with Crippen LogP contribution in [0.15, 0.2) is 0 Å². The lowest BCUT2D eigenvalue weighted by Crippen LogP contribution is -2.56. The standard InChI is InChI=1S/C16H31NO2/c1-19-14-8-7-11-16(18,12-14)15(13-17)9-5-3-2-4-6-10-15/h14,18H,2-13,17H2,1H3. The van der Waals surface area contributed by atoms with Gasteiger partial charge >= 0.3 is 0 Å². The van der Waals surface area contributed by atoms with Crippen molar-refractivity contribution in [3.63, 3.8) is 0 Å². The molecule has 2 atom stereocenters. The van der Waals surface area contributed by atoms with E-state index in [9.17, 15) is 5.11 Å². The SMILES string of the molecule is COC1CCCC(O)(C2(CN)CCCCCCC2)C1. The van der Waals surface area contributed by atoms with Crippen molar-refractivity contribution >= 4 is 0 Å². The minimum Gasteiger partial charge on any atom is -0.389 e. The van der Waals surface area contributed by atoms with E-state index in [-0.39, 0.29) is 11.5 Å². The number of methoxy groups -OCH3 is 1. The number of nitrogens with two attached hydrogens (primary N) is 1. The zero-order valence-corrected chi connectivity index (χ0v) is 12.5. The molecular weight excluding hydrogens is 238 g/mol. The van der Waals surface area contributed by atoms with E-state index in [0.29, 0.717) is 6.54 Å². The minimum absolute atomic E-state index is 0.0649. The molecule has 2 unspecified atom stereocenters. The maximum Gasteiger partial charge on any atom is 0.0740 e. The van der Waals surface area contributed by atoms with E-state index >= 15 is 0 Å². The van der Waals surface area contributed by atoms with Gasteiger partial charge in [-0.2, -0.15) is 0 Å². The van der Waals surface area contributed by atoms with E-state index in [1.165, 1.54) is 32.1 Å². The van der Waals surface area contributed by atoms with Gasteiger partial charge in [0.1, 0.15) is 0 Å². The molecule has 0 amide bonds. The topological polar surface area (TPSA) is 55.5 Å². The maximum atomic E-state index is 11.3. The monoisotopic (exact) mass is 269 g/mol. The molecule has 0 aromatic rings. The van der Waals surface area contributed by atoms with Crippen molar-refractivity contribution in [2.45, 2.75) is 82.3 Å². The Hall–Kier alpha value is -0.120. The van der Waals surface area contributed by atoms with E-state index in [0.717, 1.165) is 38.5 Å². The predicted octanol–water partition coefficient (Wildman–Crippen LogP) is 3.00. The van der Waals surface area contributed by atoms with Crippen LogP contribution in [-0.2, 0) is 4.74 Å². The molecule has 0 saturated heterocycles. The smallest absolute Gasteiger partial charge is 0.0740 e. The Morgan fingerprint density at radius 3 is 2.26 bits per heavy atom. The molecule has 0 aromatic heterocycles. The van der Waals surface area contributed by atoms with Gasteiger partial charge in [-0.25, -0.2) is 0 Å². The number of hydrogen-bond donors (Lipinski definition) is 2. The summed E-state index contributed by atoms with van der Waals surface area (Å²) >= 11 is 0. The van der Waals surface area contributed by atoms with Crippen LogP contribution in [0.4, 0.5) is 0 Å². The van der Waals surface area contributed by atoms with Crippen LogP contribution in [0.25, 0.3) is 0 Å². The van der Waals surface area contributed by atoms with Crippen LogP contribution in [0.1, 0.15) is 70.6 Å². The van der Waals surface area contributed by atoms with E-state index in [4.69, 9.17) is 10.5 Å². The Morgan fingerprint density at radius 1 is 1.05 bits per heavy atom. The zero-order chi connectivity index (χ0) is 13.8. The van der Waals surface area contributed by atoms with Crippen molar-refractivity contribution in [2.24, 2.45) is 11.1 Å². The van der Waals surface area contributed by atoms with Crippen molar-refractivity contribution in [1.82, 2.24) is 0 Å². The summed E-state index contributed by atoms with van der Waals surface area (Å²) in [6.07, 6.45) is 12.6. The molecule has 2 saturated carbocycles. The third-order valence-corrected chi connectivity index (χ3v) is 5.70. The second-order valence-electron chi connectivity index (χ2n) is 6.74. The predicted molar refractivity (Wildman–Crippen MR) is 78.0 cm³/mol. The highest BCUT2D eigenvalue weighted by molar-refractivity contribution is 5.03. The summed E-state index contributed by atoms with van der Waals surface area (Å²) in [4.78, 5) is 0. The maximum absolute atomic E-state index is 11.3. The number of rotatable bonds is 3. The molecule has 112 valence electrons. The summed E-state index contributed by atoms with van der Waals surface area (Å²) < 4.78 is 5.52. The van der Waals surface area contributed by atoms with Crippen LogP contribution in [0.3, 0.4) is 0 Å². The number of aliphatic hydroxyl groups is 1. The fourth-order valence-corrected chi connectivity index (χ4v) is 4.33. The molecule has 3 N–H and O–H groups in total. The first-order chi connectivity index (χ1) is 9.16. The van der Waals surface area contributed by atoms with Gasteiger partial charge in [-0.15, -0.1) is 0 Å². The fourth-order valence-electron chi connectivity index (χ4n) is 4.33. The van der Waals surface area contributed by atoms with Gasteiger partial charge in [0.15, 0.2) is 0 Å². The van der Waals surface area contributed by atoms with Crippen molar-refractivity contribution in [2.75, 3.05) is 13.7 Å². The van der Waals surface area contributed by atoms with Gasteiger partial charge in [-0.1, -0.05) is 32.1 Å². The highest BCUT2D eigenvalue weighted by atomic mass is 16.5. The molecule has 19 heavy (non-hydrogen) atoms. The molecule has 0 aliphatic heterocycles. The lowest BCUT2D eigenvalue weighted by molar-refractivity contribution is -0.145. The van der Waals surface area contributed by atoms with Gasteiger partial charge in [-0.3, -0.25) is 0 Å². The molecule has 0 spiro atoms. The molecule has 3 nitrogen and oxygen atoms in total. The molecule has 2 aliphatic rings. The Bertz CT molecular complexity index is 274. The van der Waals surface area contributed by atoms with Crippen LogP contribution in [0, 0.1) is 5.41 Å². The van der Waals surface area contributed by atoms with Gasteiger partial charge in [0.2, 0.25) is 0 Å². The molecule has 2 rings (SSSR count). The molecule has 0 heterocycles. The van der Waals surface area contributed by atoms with E-state index in [1.807, 2.05) is 0 Å². The molecular formula is C16H31NO2. The third-order valence-electron chi connectivity index (χ3n) is 5.70. The van der Waals surface area contributed by atoms with Crippen LogP contribution >= 0.6 is 0 Å². The Labute approximate surface area is 117 Å². The average Bonchev–Trinajstić information content (AvgIpc) is 2.39. The van der Waals surface area contributed by atoms with Crippen LogP contribution in [0.5, 0.6) is 0 Å². The first-order valence-electron chi connectivity index (χ1n) is 8.11. The van der Waals surface area contributed by atoms with Crippen molar-refractivity contribution in [3.8, 4) is 0 Å². The third kappa shape index (κ3) is 3.14. The normalized spacial score (nSPS) is 36.5. The first kappa shape index (κ1) is 15.3. The van der Waals surface area contributed by atoms with Crippen molar-refractivity contribution in [3.05, 3.63) is 0 Å². The highest BCUT2D eigenvalue weighted by Crippen LogP contribution is 2.49. The summed E-state index contributed by atoms with van der Waals surface area (Å²) in [6, 6.07) is 0. The molecule has 2 aliphatic carbocycles. The molecule has 0 bridgehead atoms. The first-order valence-corrected chi connectivity index (χ1v) is 8.11. The molecule has 3 heteroatoms. The van der Waals surface area contributed by atoms with Gasteiger partial charge in [-0.05, 0) is 32.1 Å². The quantitative estimate of drug-likeness (QED) is 0.828. The Balaban J connectivity index is 2.16. The van der Waals surface area contributed by atoms with Crippen molar-refractivity contribution in [1.29, 1.82) is 0 Å². The van der Waals surface area contributed by atoms with E-state index in [1.54, 1.807) is 7.11 Å². The lowest BCUT2D eigenvalue weighted by Gasteiger charge is -2.51. The van der Waals surface area contributed by atoms with Gasteiger partial charge in [0.05, 0.1) is 11.7 Å². The van der Waals surface area contributed by atoms with Gasteiger partial charge in [0.25, 0.3) is 0 Å². The zero-order valence-electron chi connectivity index (χ0n) is 12.5. The summed E-state index contributed by atoms with van der Waals surface area (Å²) in [5.74, 6) is 0. The fraction of sp³-hybridized carbons (Fsp3) is 1.00. The van der Waals surface area contributed by atoms with Crippen LogP contribution in [-0.4, -0.2) is 30.5 Å². The summed E-state index contributed by atoms with van der Waals surface area (Å²) in [5.41, 5.74) is 5.50.